The first-order valence-corrected chi connectivity index (χ1v) is 6.44. The van der Waals surface area contributed by atoms with Crippen molar-refractivity contribution in [3.8, 4) is 0 Å². The number of aryl methyl sites for hydroxylation is 2. The van der Waals surface area contributed by atoms with Crippen molar-refractivity contribution in [1.82, 2.24) is 4.98 Å². The summed E-state index contributed by atoms with van der Waals surface area (Å²) in [5, 5.41) is 9.21. The zero-order valence-electron chi connectivity index (χ0n) is 10.8. The second-order valence-electron chi connectivity index (χ2n) is 5.02. The number of nitrogens with zero attached hydrogens (tertiary/aromatic N) is 1. The zero-order chi connectivity index (χ0) is 13.4. The van der Waals surface area contributed by atoms with Gasteiger partial charge in [-0.3, -0.25) is 4.98 Å². The Morgan fingerprint density at radius 1 is 1.37 bits per heavy atom. The van der Waals surface area contributed by atoms with Crippen molar-refractivity contribution in [2.75, 3.05) is 0 Å². The van der Waals surface area contributed by atoms with Crippen LogP contribution in [0.15, 0.2) is 36.5 Å². The van der Waals surface area contributed by atoms with Crippen molar-refractivity contribution in [2.24, 2.45) is 0 Å². The summed E-state index contributed by atoms with van der Waals surface area (Å²) in [5.41, 5.74) is 4.63. The molecular weight excluding hydrogens is 238 g/mol. The average molecular weight is 253 g/mol. The van der Waals surface area contributed by atoms with E-state index in [1.807, 2.05) is 31.3 Å². The van der Waals surface area contributed by atoms with Crippen molar-refractivity contribution in [2.45, 2.75) is 25.7 Å². The highest BCUT2D eigenvalue weighted by Gasteiger charge is 2.25. The molecule has 1 unspecified atom stereocenters. The van der Waals surface area contributed by atoms with Gasteiger partial charge in [0.2, 0.25) is 0 Å². The summed E-state index contributed by atoms with van der Waals surface area (Å²) in [4.78, 5) is 15.7. The largest absolute Gasteiger partial charge is 0.478 e. The maximum absolute atomic E-state index is 11.2. The minimum absolute atomic E-state index is 0.231. The number of hydrogen-bond donors (Lipinski definition) is 1. The average Bonchev–Trinajstić information content (AvgIpc) is 2.83. The Hall–Kier alpha value is -2.16. The van der Waals surface area contributed by atoms with Crippen LogP contribution < -0.4 is 0 Å². The quantitative estimate of drug-likeness (QED) is 0.894. The van der Waals surface area contributed by atoms with Gasteiger partial charge in [-0.1, -0.05) is 18.2 Å². The molecular formula is C16H15NO2. The van der Waals surface area contributed by atoms with E-state index in [-0.39, 0.29) is 5.92 Å². The minimum Gasteiger partial charge on any atom is -0.478 e. The lowest BCUT2D eigenvalue weighted by atomic mass is 9.93. The minimum atomic E-state index is -0.862. The Morgan fingerprint density at radius 3 is 3.00 bits per heavy atom. The van der Waals surface area contributed by atoms with Gasteiger partial charge in [0.15, 0.2) is 0 Å². The van der Waals surface area contributed by atoms with E-state index in [1.54, 1.807) is 6.07 Å². The lowest BCUT2D eigenvalue weighted by Crippen LogP contribution is -2.04. The predicted molar refractivity (Wildman–Crippen MR) is 72.5 cm³/mol. The Balaban J connectivity index is 2.05. The highest BCUT2D eigenvalue weighted by molar-refractivity contribution is 5.89. The molecule has 3 heteroatoms. The Bertz CT molecular complexity index is 649. The molecule has 0 saturated heterocycles. The van der Waals surface area contributed by atoms with Crippen molar-refractivity contribution < 1.29 is 9.90 Å². The Kier molecular flexibility index (Phi) is 2.82. The van der Waals surface area contributed by atoms with E-state index in [1.165, 1.54) is 5.56 Å². The van der Waals surface area contributed by atoms with Crippen LogP contribution in [-0.4, -0.2) is 16.1 Å². The molecule has 96 valence electrons. The fourth-order valence-corrected chi connectivity index (χ4v) is 2.82. The lowest BCUT2D eigenvalue weighted by Gasteiger charge is -2.13. The number of hydrogen-bond acceptors (Lipinski definition) is 2. The number of carboxylic acid groups (broad SMARTS) is 1. The molecule has 1 aromatic carbocycles. The maximum Gasteiger partial charge on any atom is 0.335 e. The predicted octanol–water partition coefficient (Wildman–Crippen LogP) is 3.17. The number of pyridine rings is 1. The molecule has 1 aromatic heterocycles. The molecule has 1 aliphatic carbocycles. The number of carbonyl (C=O) groups is 1. The molecule has 1 aliphatic rings. The van der Waals surface area contributed by atoms with Crippen LogP contribution in [0.4, 0.5) is 0 Å². The molecule has 1 atom stereocenters. The molecule has 1 N–H and O–H groups in total. The molecule has 3 rings (SSSR count). The normalized spacial score (nSPS) is 17.2. The topological polar surface area (TPSA) is 50.2 Å². The number of fused-ring (bicyclic) bond motifs is 1. The molecule has 3 nitrogen and oxygen atoms in total. The third-order valence-electron chi connectivity index (χ3n) is 3.85. The summed E-state index contributed by atoms with van der Waals surface area (Å²) < 4.78 is 0. The van der Waals surface area contributed by atoms with Gasteiger partial charge in [0.25, 0.3) is 0 Å². The number of carboxylic acids is 1. The lowest BCUT2D eigenvalue weighted by molar-refractivity contribution is 0.0696. The number of aromatic carboxylic acids is 1. The van der Waals surface area contributed by atoms with Gasteiger partial charge >= 0.3 is 5.97 Å². The summed E-state index contributed by atoms with van der Waals surface area (Å²) in [6.07, 6.45) is 3.84. The van der Waals surface area contributed by atoms with Crippen LogP contribution in [0, 0.1) is 6.92 Å². The monoisotopic (exact) mass is 253 g/mol. The van der Waals surface area contributed by atoms with E-state index in [4.69, 9.17) is 0 Å². The first-order valence-electron chi connectivity index (χ1n) is 6.44. The van der Waals surface area contributed by atoms with E-state index in [0.29, 0.717) is 5.56 Å². The number of benzene rings is 1. The smallest absolute Gasteiger partial charge is 0.335 e. The molecule has 19 heavy (non-hydrogen) atoms. The molecule has 0 fully saturated rings. The third-order valence-corrected chi connectivity index (χ3v) is 3.85. The summed E-state index contributed by atoms with van der Waals surface area (Å²) in [7, 11) is 0. The van der Waals surface area contributed by atoms with E-state index in [2.05, 4.69) is 11.1 Å². The van der Waals surface area contributed by atoms with E-state index >= 15 is 0 Å². The third kappa shape index (κ3) is 2.01. The summed E-state index contributed by atoms with van der Waals surface area (Å²) in [6.45, 7) is 1.83. The molecule has 1 heterocycles. The van der Waals surface area contributed by atoms with Gasteiger partial charge in [0.1, 0.15) is 0 Å². The van der Waals surface area contributed by atoms with Gasteiger partial charge < -0.3 is 5.11 Å². The second-order valence-corrected chi connectivity index (χ2v) is 5.02. The van der Waals surface area contributed by atoms with Crippen LogP contribution in [0.3, 0.4) is 0 Å². The van der Waals surface area contributed by atoms with Gasteiger partial charge in [-0.05, 0) is 48.6 Å². The fourth-order valence-electron chi connectivity index (χ4n) is 2.82. The summed E-state index contributed by atoms with van der Waals surface area (Å²) in [5.74, 6) is -0.631. The standard InChI is InChI=1S/C16H15NO2/c1-10-4-5-12(9-14(10)16(18)19)13-7-6-11-3-2-8-17-15(11)13/h2-5,8-9,13H,6-7H2,1H3,(H,18,19). The molecule has 0 aliphatic heterocycles. The maximum atomic E-state index is 11.2. The molecule has 0 radical (unpaired) electrons. The molecule has 0 spiro atoms. The van der Waals surface area contributed by atoms with Crippen LogP contribution in [0.5, 0.6) is 0 Å². The summed E-state index contributed by atoms with van der Waals surface area (Å²) in [6, 6.07) is 9.77. The van der Waals surface area contributed by atoms with E-state index in [0.717, 1.165) is 29.7 Å². The van der Waals surface area contributed by atoms with Crippen molar-refractivity contribution in [3.63, 3.8) is 0 Å². The molecule has 0 bridgehead atoms. The van der Waals surface area contributed by atoms with Gasteiger partial charge in [-0.2, -0.15) is 0 Å². The van der Waals surface area contributed by atoms with Crippen LogP contribution in [0.25, 0.3) is 0 Å². The molecule has 0 saturated carbocycles. The van der Waals surface area contributed by atoms with Gasteiger partial charge in [0, 0.05) is 12.1 Å². The van der Waals surface area contributed by atoms with E-state index in [9.17, 15) is 9.90 Å². The second kappa shape index (κ2) is 4.50. The van der Waals surface area contributed by atoms with Crippen LogP contribution in [0.2, 0.25) is 0 Å². The first kappa shape index (κ1) is 11.9. The Labute approximate surface area is 111 Å². The van der Waals surface area contributed by atoms with Crippen LogP contribution in [0.1, 0.15) is 45.1 Å². The number of rotatable bonds is 2. The van der Waals surface area contributed by atoms with Gasteiger partial charge in [-0.15, -0.1) is 0 Å². The zero-order valence-corrected chi connectivity index (χ0v) is 10.8. The fraction of sp³-hybridized carbons (Fsp3) is 0.250. The first-order chi connectivity index (χ1) is 9.16. The molecule has 2 aromatic rings. The highest BCUT2D eigenvalue weighted by Crippen LogP contribution is 2.36. The van der Waals surface area contributed by atoms with Crippen molar-refractivity contribution in [1.29, 1.82) is 0 Å². The summed E-state index contributed by atoms with van der Waals surface area (Å²) >= 11 is 0. The van der Waals surface area contributed by atoms with Crippen LogP contribution in [-0.2, 0) is 6.42 Å². The molecule has 0 amide bonds. The van der Waals surface area contributed by atoms with Crippen molar-refractivity contribution >= 4 is 5.97 Å². The van der Waals surface area contributed by atoms with Gasteiger partial charge in [-0.25, -0.2) is 4.79 Å². The van der Waals surface area contributed by atoms with Gasteiger partial charge in [0.05, 0.1) is 11.3 Å². The number of aromatic nitrogens is 1. The van der Waals surface area contributed by atoms with Crippen LogP contribution >= 0.6 is 0 Å². The SMILES string of the molecule is Cc1ccc(C2CCc3cccnc32)cc1C(=O)O. The van der Waals surface area contributed by atoms with E-state index < -0.39 is 5.97 Å². The highest BCUT2D eigenvalue weighted by atomic mass is 16.4. The van der Waals surface area contributed by atoms with Crippen molar-refractivity contribution in [3.05, 3.63) is 64.5 Å². The Morgan fingerprint density at radius 2 is 2.21 bits per heavy atom.